The van der Waals surface area contributed by atoms with Crippen LogP contribution in [0.15, 0.2) is 18.5 Å². The molecular formula is C14H19N5O2S. The van der Waals surface area contributed by atoms with Crippen LogP contribution >= 0.6 is 0 Å². The van der Waals surface area contributed by atoms with Crippen LogP contribution in [0.1, 0.15) is 23.1 Å². The Labute approximate surface area is 130 Å². The van der Waals surface area contributed by atoms with Crippen molar-refractivity contribution in [1.29, 1.82) is 0 Å². The minimum absolute atomic E-state index is 0.00945. The molecule has 8 heteroatoms. The third-order valence-corrected chi connectivity index (χ3v) is 5.71. The topological polar surface area (TPSA) is 81.0 Å². The SMILES string of the molecule is Cc1cc(C)c2c(c1)N(S(=O)(=O)CCn1cnnn1)CCC2. The number of anilines is 1. The molecule has 3 rings (SSSR count). The Morgan fingerprint density at radius 1 is 1.27 bits per heavy atom. The maximum Gasteiger partial charge on any atom is 0.236 e. The molecule has 0 saturated carbocycles. The fourth-order valence-electron chi connectivity index (χ4n) is 2.93. The van der Waals surface area contributed by atoms with Gasteiger partial charge in [-0.05, 0) is 59.9 Å². The third-order valence-electron chi connectivity index (χ3n) is 3.96. The standard InChI is InChI=1S/C14H19N5O2S/c1-11-8-12(2)13-4-3-5-19(14(13)9-11)22(20,21)7-6-18-10-15-16-17-18/h8-10H,3-7H2,1-2H3. The molecule has 0 aliphatic carbocycles. The summed E-state index contributed by atoms with van der Waals surface area (Å²) in [5, 5.41) is 10.7. The lowest BCUT2D eigenvalue weighted by molar-refractivity contribution is 0.567. The molecule has 22 heavy (non-hydrogen) atoms. The van der Waals surface area contributed by atoms with Crippen molar-refractivity contribution >= 4 is 15.7 Å². The van der Waals surface area contributed by atoms with Crippen LogP contribution in [-0.2, 0) is 23.0 Å². The second kappa shape index (κ2) is 5.68. The van der Waals surface area contributed by atoms with Gasteiger partial charge in [0.05, 0.1) is 18.0 Å². The molecule has 1 aromatic heterocycles. The zero-order chi connectivity index (χ0) is 15.7. The van der Waals surface area contributed by atoms with E-state index in [2.05, 4.69) is 21.6 Å². The minimum atomic E-state index is -3.39. The largest absolute Gasteiger partial charge is 0.270 e. The molecule has 0 amide bonds. The summed E-state index contributed by atoms with van der Waals surface area (Å²) in [7, 11) is -3.39. The maximum absolute atomic E-state index is 12.7. The zero-order valence-electron chi connectivity index (χ0n) is 12.7. The molecule has 0 bridgehead atoms. The second-order valence-electron chi connectivity index (χ2n) is 5.64. The number of fused-ring (bicyclic) bond motifs is 1. The van der Waals surface area contributed by atoms with Crippen LogP contribution in [0.5, 0.6) is 0 Å². The number of aryl methyl sites for hydroxylation is 3. The molecule has 0 spiro atoms. The Morgan fingerprint density at radius 2 is 2.09 bits per heavy atom. The Morgan fingerprint density at radius 3 is 2.82 bits per heavy atom. The molecule has 1 aliphatic rings. The van der Waals surface area contributed by atoms with Crippen molar-refractivity contribution in [1.82, 2.24) is 20.2 Å². The highest BCUT2D eigenvalue weighted by atomic mass is 32.2. The van der Waals surface area contributed by atoms with Gasteiger partial charge in [0.1, 0.15) is 6.33 Å². The Hall–Kier alpha value is -1.96. The third kappa shape index (κ3) is 2.83. The van der Waals surface area contributed by atoms with E-state index in [9.17, 15) is 8.42 Å². The highest BCUT2D eigenvalue weighted by Gasteiger charge is 2.28. The van der Waals surface area contributed by atoms with E-state index in [1.807, 2.05) is 19.9 Å². The zero-order valence-corrected chi connectivity index (χ0v) is 13.5. The smallest absolute Gasteiger partial charge is 0.236 e. The number of tetrazole rings is 1. The van der Waals surface area contributed by atoms with Crippen molar-refractivity contribution in [3.8, 4) is 0 Å². The number of hydrogen-bond acceptors (Lipinski definition) is 5. The van der Waals surface area contributed by atoms with E-state index in [0.717, 1.165) is 35.2 Å². The first-order chi connectivity index (χ1) is 10.5. The van der Waals surface area contributed by atoms with E-state index < -0.39 is 10.0 Å². The average Bonchev–Trinajstić information content (AvgIpc) is 2.98. The molecule has 1 aromatic carbocycles. The molecule has 1 aliphatic heterocycles. The monoisotopic (exact) mass is 321 g/mol. The number of rotatable bonds is 4. The van der Waals surface area contributed by atoms with Crippen molar-refractivity contribution in [2.75, 3.05) is 16.6 Å². The summed E-state index contributed by atoms with van der Waals surface area (Å²) in [6.07, 6.45) is 3.20. The molecule has 0 radical (unpaired) electrons. The van der Waals surface area contributed by atoms with Gasteiger partial charge in [-0.25, -0.2) is 13.1 Å². The predicted octanol–water partition coefficient (Wildman–Crippen LogP) is 1.07. The molecule has 7 nitrogen and oxygen atoms in total. The van der Waals surface area contributed by atoms with E-state index >= 15 is 0 Å². The normalized spacial score (nSPS) is 14.9. The van der Waals surface area contributed by atoms with Gasteiger partial charge < -0.3 is 0 Å². The molecule has 2 aromatic rings. The lowest BCUT2D eigenvalue weighted by Crippen LogP contribution is -2.38. The Balaban J connectivity index is 1.89. The van der Waals surface area contributed by atoms with E-state index in [-0.39, 0.29) is 12.3 Å². The van der Waals surface area contributed by atoms with E-state index in [4.69, 9.17) is 0 Å². The lowest BCUT2D eigenvalue weighted by atomic mass is 9.96. The van der Waals surface area contributed by atoms with E-state index in [1.54, 1.807) is 4.31 Å². The van der Waals surface area contributed by atoms with Crippen LogP contribution in [0.25, 0.3) is 0 Å². The van der Waals surface area contributed by atoms with E-state index in [1.165, 1.54) is 11.0 Å². The van der Waals surface area contributed by atoms with Gasteiger partial charge in [0, 0.05) is 6.54 Å². The maximum atomic E-state index is 12.7. The summed E-state index contributed by atoms with van der Waals surface area (Å²) in [4.78, 5) is 0. The second-order valence-corrected chi connectivity index (χ2v) is 7.66. The van der Waals surface area contributed by atoms with Crippen LogP contribution in [-0.4, -0.2) is 40.9 Å². The number of sulfonamides is 1. The number of hydrogen-bond donors (Lipinski definition) is 0. The quantitative estimate of drug-likeness (QED) is 0.841. The van der Waals surface area contributed by atoms with Crippen LogP contribution < -0.4 is 4.31 Å². The van der Waals surface area contributed by atoms with Crippen molar-refractivity contribution in [2.45, 2.75) is 33.2 Å². The number of aromatic nitrogens is 4. The van der Waals surface area contributed by atoms with Gasteiger partial charge in [-0.15, -0.1) is 5.10 Å². The van der Waals surface area contributed by atoms with Crippen molar-refractivity contribution in [3.63, 3.8) is 0 Å². The molecule has 0 unspecified atom stereocenters. The Bertz CT molecular complexity index is 771. The fourth-order valence-corrected chi connectivity index (χ4v) is 4.44. The molecular weight excluding hydrogens is 302 g/mol. The van der Waals surface area contributed by atoms with Crippen molar-refractivity contribution in [3.05, 3.63) is 35.2 Å². The summed E-state index contributed by atoms with van der Waals surface area (Å²) in [6, 6.07) is 4.08. The van der Waals surface area contributed by atoms with Crippen LogP contribution in [0.3, 0.4) is 0 Å². The summed E-state index contributed by atoms with van der Waals surface area (Å²) in [5.41, 5.74) is 4.22. The van der Waals surface area contributed by atoms with Gasteiger partial charge in [0.25, 0.3) is 0 Å². The van der Waals surface area contributed by atoms with Crippen molar-refractivity contribution in [2.24, 2.45) is 0 Å². The molecule has 0 saturated heterocycles. The number of benzene rings is 1. The molecule has 0 atom stereocenters. The Kier molecular flexibility index (Phi) is 3.86. The van der Waals surface area contributed by atoms with Gasteiger partial charge in [-0.3, -0.25) is 4.31 Å². The van der Waals surface area contributed by atoms with Crippen LogP contribution in [0.4, 0.5) is 5.69 Å². The van der Waals surface area contributed by atoms with Gasteiger partial charge >= 0.3 is 0 Å². The summed E-state index contributed by atoms with van der Waals surface area (Å²) < 4.78 is 28.4. The van der Waals surface area contributed by atoms with Gasteiger partial charge in [0.15, 0.2) is 0 Å². The van der Waals surface area contributed by atoms with Gasteiger partial charge in [-0.2, -0.15) is 0 Å². The molecule has 118 valence electrons. The summed E-state index contributed by atoms with van der Waals surface area (Å²) >= 11 is 0. The molecule has 2 heterocycles. The highest BCUT2D eigenvalue weighted by Crippen LogP contribution is 2.33. The lowest BCUT2D eigenvalue weighted by Gasteiger charge is -2.31. The molecule has 0 N–H and O–H groups in total. The first-order valence-corrected chi connectivity index (χ1v) is 8.89. The van der Waals surface area contributed by atoms with Gasteiger partial charge in [0.2, 0.25) is 10.0 Å². The first kappa shape index (κ1) is 15.0. The van der Waals surface area contributed by atoms with Crippen molar-refractivity contribution < 1.29 is 8.42 Å². The van der Waals surface area contributed by atoms with Crippen LogP contribution in [0, 0.1) is 13.8 Å². The first-order valence-electron chi connectivity index (χ1n) is 7.29. The number of nitrogens with zero attached hydrogens (tertiary/aromatic N) is 5. The summed E-state index contributed by atoms with van der Waals surface area (Å²) in [6.45, 7) is 4.83. The molecule has 0 fully saturated rings. The van der Waals surface area contributed by atoms with E-state index in [0.29, 0.717) is 6.54 Å². The van der Waals surface area contributed by atoms with Gasteiger partial charge in [-0.1, -0.05) is 6.07 Å². The van der Waals surface area contributed by atoms with Crippen LogP contribution in [0.2, 0.25) is 0 Å². The predicted molar refractivity (Wildman–Crippen MR) is 83.2 cm³/mol. The highest BCUT2D eigenvalue weighted by molar-refractivity contribution is 7.92. The minimum Gasteiger partial charge on any atom is -0.270 e. The fraction of sp³-hybridized carbons (Fsp3) is 0.500. The summed E-state index contributed by atoms with van der Waals surface area (Å²) in [5.74, 6) is -0.00945. The average molecular weight is 321 g/mol.